The molecule has 0 aliphatic carbocycles. The van der Waals surface area contributed by atoms with E-state index < -0.39 is 20.2 Å². The van der Waals surface area contributed by atoms with Gasteiger partial charge < -0.3 is 0 Å². The van der Waals surface area contributed by atoms with Crippen LogP contribution in [-0.2, 0) is 7.87 Å². The molecule has 0 unspecified atom stereocenters. The van der Waals surface area contributed by atoms with Gasteiger partial charge >= 0.3 is 108 Å². The molecule has 3 heteroatoms. The van der Waals surface area contributed by atoms with Gasteiger partial charge in [0.1, 0.15) is 0 Å². The molecule has 0 aromatic rings. The molecule has 0 aromatic heterocycles. The van der Waals surface area contributed by atoms with Gasteiger partial charge in [0.15, 0.2) is 0 Å². The molecule has 0 N–H and O–H groups in total. The third kappa shape index (κ3) is 20.2. The fourth-order valence-electron chi connectivity index (χ4n) is 2.92. The third-order valence-corrected chi connectivity index (χ3v) is 6.12. The minimum absolute atomic E-state index is 0.0547. The number of unbranched alkanes of at least 4 members (excludes halogenated alkanes) is 14. The molecule has 0 heterocycles. The number of hydrogen-bond acceptors (Lipinski definition) is 2. The van der Waals surface area contributed by atoms with E-state index in [0.29, 0.717) is 6.42 Å². The van der Waals surface area contributed by atoms with Crippen LogP contribution in [0.5, 0.6) is 0 Å². The van der Waals surface area contributed by atoms with Crippen LogP contribution in [0.15, 0.2) is 0 Å². The van der Waals surface area contributed by atoms with Crippen molar-refractivity contribution in [3.8, 4) is 0 Å². The predicted molar refractivity (Wildman–Crippen MR) is 103 cm³/mol. The van der Waals surface area contributed by atoms with Crippen LogP contribution in [0.25, 0.3) is 0 Å². The molecular formula is C20H41O2Sn. The summed E-state index contributed by atoms with van der Waals surface area (Å²) in [5.74, 6) is 0.0547. The first-order valence-corrected chi connectivity index (χ1v) is 17.0. The fraction of sp³-hybridized carbons (Fsp3) is 0.950. The fourth-order valence-corrected chi connectivity index (χ4v) is 4.51. The van der Waals surface area contributed by atoms with E-state index >= 15 is 0 Å². The van der Waals surface area contributed by atoms with E-state index in [0.717, 1.165) is 6.42 Å². The van der Waals surface area contributed by atoms with Crippen LogP contribution in [-0.4, -0.2) is 26.1 Å². The Labute approximate surface area is 153 Å². The second-order valence-corrected chi connectivity index (χ2v) is 12.8. The summed E-state index contributed by atoms with van der Waals surface area (Å²) in [6.07, 6.45) is 21.1. The van der Waals surface area contributed by atoms with Gasteiger partial charge in [-0.15, -0.1) is 0 Å². The molecule has 0 atom stereocenters. The van der Waals surface area contributed by atoms with Crippen LogP contribution < -0.4 is 0 Å². The van der Waals surface area contributed by atoms with Crippen molar-refractivity contribution in [2.75, 3.05) is 0 Å². The normalized spacial score (nSPS) is 11.1. The van der Waals surface area contributed by atoms with Crippen LogP contribution in [0.1, 0.15) is 110 Å². The van der Waals surface area contributed by atoms with Crippen molar-refractivity contribution >= 4 is 26.1 Å². The van der Waals surface area contributed by atoms with Crippen LogP contribution in [0.4, 0.5) is 0 Å². The molecule has 0 rings (SSSR count). The van der Waals surface area contributed by atoms with E-state index in [1.165, 1.54) is 89.9 Å². The van der Waals surface area contributed by atoms with E-state index in [9.17, 15) is 4.79 Å². The summed E-state index contributed by atoms with van der Waals surface area (Å²) in [5, 5.41) is 0. The quantitative estimate of drug-likeness (QED) is 0.182. The summed E-state index contributed by atoms with van der Waals surface area (Å²) in [6.45, 7) is 2.28. The Morgan fingerprint density at radius 1 is 0.652 bits per heavy atom. The van der Waals surface area contributed by atoms with Crippen molar-refractivity contribution in [3.05, 3.63) is 0 Å². The van der Waals surface area contributed by atoms with Gasteiger partial charge in [-0.1, -0.05) is 45.4 Å². The van der Waals surface area contributed by atoms with Gasteiger partial charge in [-0.2, -0.15) is 0 Å². The molecule has 0 aliphatic heterocycles. The molecule has 0 bridgehead atoms. The van der Waals surface area contributed by atoms with Crippen molar-refractivity contribution in [1.29, 1.82) is 0 Å². The average Bonchev–Trinajstić information content (AvgIpc) is 2.50. The predicted octanol–water partition coefficient (Wildman–Crippen LogP) is 7.04. The number of rotatable bonds is 17. The maximum atomic E-state index is 11.4. The van der Waals surface area contributed by atoms with Gasteiger partial charge in [-0.25, -0.2) is 0 Å². The first kappa shape index (κ1) is 23.3. The second kappa shape index (κ2) is 18.6. The van der Waals surface area contributed by atoms with E-state index in [-0.39, 0.29) is 5.97 Å². The zero-order valence-corrected chi connectivity index (χ0v) is 19.0. The molecule has 0 aromatic carbocycles. The summed E-state index contributed by atoms with van der Waals surface area (Å²) in [5.41, 5.74) is 0. The van der Waals surface area contributed by atoms with Crippen LogP contribution in [0.2, 0.25) is 9.88 Å². The monoisotopic (exact) mass is 433 g/mol. The van der Waals surface area contributed by atoms with Crippen molar-refractivity contribution in [1.82, 2.24) is 0 Å². The molecule has 2 nitrogen and oxygen atoms in total. The Bertz CT molecular complexity index is 254. The molecule has 137 valence electrons. The Kier molecular flexibility index (Phi) is 18.8. The number of hydrogen-bond donors (Lipinski definition) is 0. The molecule has 0 aliphatic rings. The Balaban J connectivity index is 3.06. The second-order valence-electron chi connectivity index (χ2n) is 7.08. The van der Waals surface area contributed by atoms with Gasteiger partial charge in [0, 0.05) is 0 Å². The first-order valence-electron chi connectivity index (χ1n) is 10.2. The zero-order chi connectivity index (χ0) is 17.2. The molecule has 0 saturated heterocycles. The third-order valence-electron chi connectivity index (χ3n) is 4.30. The summed E-state index contributed by atoms with van der Waals surface area (Å²) in [7, 11) is 0. The van der Waals surface area contributed by atoms with Crippen molar-refractivity contribution in [2.24, 2.45) is 0 Å². The number of carbonyl (C=O) groups is 1. The SMILES string of the molecule is CCCCCCCCCCCCCCCCCC(=O)[O][Sn]([CH3])[CH3]. The van der Waals surface area contributed by atoms with Gasteiger partial charge in [0.25, 0.3) is 0 Å². The van der Waals surface area contributed by atoms with Crippen LogP contribution in [0.3, 0.4) is 0 Å². The van der Waals surface area contributed by atoms with Gasteiger partial charge in [-0.3, -0.25) is 0 Å². The maximum absolute atomic E-state index is 11.4. The zero-order valence-electron chi connectivity index (χ0n) is 16.1. The van der Waals surface area contributed by atoms with E-state index in [1.54, 1.807) is 0 Å². The summed E-state index contributed by atoms with van der Waals surface area (Å²) < 4.78 is 5.33. The molecule has 1 radical (unpaired) electrons. The first-order chi connectivity index (χ1) is 11.2. The Hall–Kier alpha value is 0.269. The standard InChI is InChI=1S/C18H36O2.2CH3.Sn/c1-2-3-4-5-6-7-8-9-10-11-12-13-14-15-16-17-18(19)20;;;/h2-17H2,1H3,(H,19,20);2*1H3;/q;;;+1/p-1. The van der Waals surface area contributed by atoms with Crippen molar-refractivity contribution < 1.29 is 7.87 Å². The van der Waals surface area contributed by atoms with Crippen molar-refractivity contribution in [2.45, 2.75) is 120 Å². The minimum atomic E-state index is -1.67. The van der Waals surface area contributed by atoms with Gasteiger partial charge in [-0.05, 0) is 0 Å². The van der Waals surface area contributed by atoms with Crippen LogP contribution in [0, 0.1) is 0 Å². The molecule has 23 heavy (non-hydrogen) atoms. The molecule has 0 saturated carbocycles. The molecule has 0 amide bonds. The van der Waals surface area contributed by atoms with Gasteiger partial charge in [0.2, 0.25) is 0 Å². The van der Waals surface area contributed by atoms with E-state index in [4.69, 9.17) is 3.07 Å². The van der Waals surface area contributed by atoms with E-state index in [1.807, 2.05) is 0 Å². The Morgan fingerprint density at radius 2 is 1.00 bits per heavy atom. The summed E-state index contributed by atoms with van der Waals surface area (Å²) in [4.78, 5) is 15.6. The van der Waals surface area contributed by atoms with E-state index in [2.05, 4.69) is 16.8 Å². The molecular weight excluding hydrogens is 391 g/mol. The Morgan fingerprint density at radius 3 is 1.35 bits per heavy atom. The average molecular weight is 432 g/mol. The van der Waals surface area contributed by atoms with Crippen LogP contribution >= 0.6 is 0 Å². The summed E-state index contributed by atoms with van der Waals surface area (Å²) in [6, 6.07) is 0. The van der Waals surface area contributed by atoms with Gasteiger partial charge in [0.05, 0.1) is 0 Å². The van der Waals surface area contributed by atoms with Crippen molar-refractivity contribution in [3.63, 3.8) is 0 Å². The summed E-state index contributed by atoms with van der Waals surface area (Å²) >= 11 is -1.67. The molecule has 0 spiro atoms. The topological polar surface area (TPSA) is 26.3 Å². The number of carbonyl (C=O) groups excluding carboxylic acids is 1. The molecule has 0 fully saturated rings.